The maximum atomic E-state index is 11.8. The summed E-state index contributed by atoms with van der Waals surface area (Å²) in [5.41, 5.74) is 1.02. The molecule has 0 aliphatic rings. The minimum Gasteiger partial charge on any atom is -0.357 e. The van der Waals surface area contributed by atoms with Crippen LogP contribution in [0, 0.1) is 5.92 Å². The van der Waals surface area contributed by atoms with Crippen molar-refractivity contribution in [3.63, 3.8) is 0 Å². The maximum absolute atomic E-state index is 11.8. The molecular formula is C15H23N3O2. The zero-order valence-electron chi connectivity index (χ0n) is 12.3. The van der Waals surface area contributed by atoms with Gasteiger partial charge in [0.25, 0.3) is 0 Å². The molecule has 0 saturated carbocycles. The third kappa shape index (κ3) is 5.73. The van der Waals surface area contributed by atoms with Crippen molar-refractivity contribution in [1.29, 1.82) is 0 Å². The number of amides is 3. The van der Waals surface area contributed by atoms with E-state index in [1.807, 2.05) is 44.2 Å². The largest absolute Gasteiger partial charge is 0.357 e. The highest BCUT2D eigenvalue weighted by atomic mass is 16.2. The Balaban J connectivity index is 2.47. The van der Waals surface area contributed by atoms with Gasteiger partial charge in [0.15, 0.2) is 0 Å². The highest BCUT2D eigenvalue weighted by Gasteiger charge is 2.20. The first-order chi connectivity index (χ1) is 9.52. The molecule has 3 N–H and O–H groups in total. The Labute approximate surface area is 120 Å². The lowest BCUT2D eigenvalue weighted by atomic mass is 10.0. The number of hydrogen-bond acceptors (Lipinski definition) is 2. The average molecular weight is 277 g/mol. The molecule has 0 spiro atoms. The minimum absolute atomic E-state index is 0.173. The third-order valence-electron chi connectivity index (χ3n) is 2.87. The van der Waals surface area contributed by atoms with Gasteiger partial charge in [-0.1, -0.05) is 44.2 Å². The van der Waals surface area contributed by atoms with Gasteiger partial charge in [0.2, 0.25) is 5.91 Å². The van der Waals surface area contributed by atoms with Crippen LogP contribution in [0.2, 0.25) is 0 Å². The first-order valence-corrected chi connectivity index (χ1v) is 6.82. The summed E-state index contributed by atoms with van der Waals surface area (Å²) < 4.78 is 0. The van der Waals surface area contributed by atoms with Gasteiger partial charge in [-0.2, -0.15) is 0 Å². The molecule has 0 heterocycles. The molecule has 1 atom stereocenters. The van der Waals surface area contributed by atoms with Gasteiger partial charge in [-0.3, -0.25) is 4.79 Å². The van der Waals surface area contributed by atoms with Gasteiger partial charge in [0.1, 0.15) is 6.04 Å². The number of benzene rings is 1. The zero-order chi connectivity index (χ0) is 15.0. The van der Waals surface area contributed by atoms with Crippen molar-refractivity contribution in [1.82, 2.24) is 16.0 Å². The Bertz CT molecular complexity index is 432. The molecule has 0 saturated heterocycles. The van der Waals surface area contributed by atoms with Crippen LogP contribution in [0.1, 0.15) is 25.8 Å². The van der Waals surface area contributed by atoms with Crippen molar-refractivity contribution in [3.8, 4) is 0 Å². The standard InChI is InChI=1S/C15H23N3O2/c1-11(2)9-13(14(19)16-3)18-15(20)17-10-12-7-5-4-6-8-12/h4-8,11,13H,9-10H2,1-3H3,(H,16,19)(H2,17,18,20)/t13-/m0/s1. The van der Waals surface area contributed by atoms with E-state index in [0.29, 0.717) is 18.9 Å². The summed E-state index contributed by atoms with van der Waals surface area (Å²) >= 11 is 0. The van der Waals surface area contributed by atoms with Crippen LogP contribution in [0.4, 0.5) is 4.79 Å². The zero-order valence-corrected chi connectivity index (χ0v) is 12.3. The van der Waals surface area contributed by atoms with Gasteiger partial charge in [-0.15, -0.1) is 0 Å². The predicted octanol–water partition coefficient (Wildman–Crippen LogP) is 1.65. The van der Waals surface area contributed by atoms with E-state index >= 15 is 0 Å². The number of rotatable bonds is 6. The molecule has 0 aliphatic heterocycles. The van der Waals surface area contributed by atoms with Crippen molar-refractivity contribution in [2.75, 3.05) is 7.05 Å². The molecule has 110 valence electrons. The molecule has 0 bridgehead atoms. The normalized spacial score (nSPS) is 11.8. The van der Waals surface area contributed by atoms with Gasteiger partial charge in [0.05, 0.1) is 0 Å². The maximum Gasteiger partial charge on any atom is 0.315 e. The highest BCUT2D eigenvalue weighted by molar-refractivity contribution is 5.86. The van der Waals surface area contributed by atoms with E-state index in [1.165, 1.54) is 0 Å². The molecule has 5 nitrogen and oxygen atoms in total. The van der Waals surface area contributed by atoms with E-state index in [0.717, 1.165) is 5.56 Å². The van der Waals surface area contributed by atoms with Crippen LogP contribution in [0.3, 0.4) is 0 Å². The molecule has 0 aromatic heterocycles. The quantitative estimate of drug-likeness (QED) is 0.740. The van der Waals surface area contributed by atoms with E-state index < -0.39 is 6.04 Å². The number of urea groups is 1. The summed E-state index contributed by atoms with van der Waals surface area (Å²) in [6, 6.07) is 8.80. The Hall–Kier alpha value is -2.04. The van der Waals surface area contributed by atoms with Crippen LogP contribution >= 0.6 is 0 Å². The molecule has 0 unspecified atom stereocenters. The molecule has 0 aliphatic carbocycles. The van der Waals surface area contributed by atoms with Crippen molar-refractivity contribution in [2.45, 2.75) is 32.9 Å². The summed E-state index contributed by atoms with van der Waals surface area (Å²) in [7, 11) is 1.57. The monoisotopic (exact) mass is 277 g/mol. The third-order valence-corrected chi connectivity index (χ3v) is 2.87. The van der Waals surface area contributed by atoms with Gasteiger partial charge in [0, 0.05) is 13.6 Å². The summed E-state index contributed by atoms with van der Waals surface area (Å²) in [4.78, 5) is 23.5. The van der Waals surface area contributed by atoms with Gasteiger partial charge in [-0.25, -0.2) is 4.79 Å². The summed E-state index contributed by atoms with van der Waals surface area (Å²) in [6.07, 6.45) is 0.610. The number of hydrogen-bond donors (Lipinski definition) is 3. The first-order valence-electron chi connectivity index (χ1n) is 6.82. The van der Waals surface area contributed by atoms with Crippen molar-refractivity contribution in [3.05, 3.63) is 35.9 Å². The lowest BCUT2D eigenvalue weighted by Gasteiger charge is -2.19. The van der Waals surface area contributed by atoms with E-state index in [2.05, 4.69) is 16.0 Å². The van der Waals surface area contributed by atoms with Crippen LogP contribution in [0.25, 0.3) is 0 Å². The fourth-order valence-electron chi connectivity index (χ4n) is 1.86. The number of carbonyl (C=O) groups is 2. The fourth-order valence-corrected chi connectivity index (χ4v) is 1.86. The minimum atomic E-state index is -0.504. The van der Waals surface area contributed by atoms with Gasteiger partial charge < -0.3 is 16.0 Å². The van der Waals surface area contributed by atoms with Crippen LogP contribution in [0.15, 0.2) is 30.3 Å². The van der Waals surface area contributed by atoms with Crippen LogP contribution < -0.4 is 16.0 Å². The fraction of sp³-hybridized carbons (Fsp3) is 0.467. The lowest BCUT2D eigenvalue weighted by molar-refractivity contribution is -0.122. The van der Waals surface area contributed by atoms with Gasteiger partial charge >= 0.3 is 6.03 Å². The van der Waals surface area contributed by atoms with Crippen molar-refractivity contribution < 1.29 is 9.59 Å². The molecule has 1 aromatic rings. The Morgan fingerprint density at radius 1 is 1.15 bits per heavy atom. The van der Waals surface area contributed by atoms with Crippen molar-refractivity contribution in [2.24, 2.45) is 5.92 Å². The van der Waals surface area contributed by atoms with E-state index in [9.17, 15) is 9.59 Å². The molecule has 1 rings (SSSR count). The van der Waals surface area contributed by atoms with Gasteiger partial charge in [-0.05, 0) is 17.9 Å². The Kier molecular flexibility index (Phi) is 6.56. The second-order valence-corrected chi connectivity index (χ2v) is 5.11. The number of nitrogens with one attached hydrogen (secondary N) is 3. The lowest BCUT2D eigenvalue weighted by Crippen LogP contribution is -2.49. The highest BCUT2D eigenvalue weighted by Crippen LogP contribution is 2.05. The Morgan fingerprint density at radius 3 is 2.35 bits per heavy atom. The number of carbonyl (C=O) groups excluding carboxylic acids is 2. The van der Waals surface area contributed by atoms with E-state index in [4.69, 9.17) is 0 Å². The summed E-state index contributed by atoms with van der Waals surface area (Å²) in [5, 5.41) is 8.03. The Morgan fingerprint density at radius 2 is 1.80 bits per heavy atom. The summed E-state index contributed by atoms with van der Waals surface area (Å²) in [6.45, 7) is 4.47. The van der Waals surface area contributed by atoms with Crippen LogP contribution in [-0.2, 0) is 11.3 Å². The molecule has 5 heteroatoms. The SMILES string of the molecule is CNC(=O)[C@H](CC(C)C)NC(=O)NCc1ccccc1. The molecule has 3 amide bonds. The van der Waals surface area contributed by atoms with E-state index in [1.54, 1.807) is 7.05 Å². The second kappa shape index (κ2) is 8.19. The molecule has 0 radical (unpaired) electrons. The molecule has 0 fully saturated rings. The van der Waals surface area contributed by atoms with Crippen molar-refractivity contribution >= 4 is 11.9 Å². The topological polar surface area (TPSA) is 70.2 Å². The van der Waals surface area contributed by atoms with Crippen LogP contribution in [0.5, 0.6) is 0 Å². The molecule has 20 heavy (non-hydrogen) atoms. The van der Waals surface area contributed by atoms with E-state index in [-0.39, 0.29) is 11.9 Å². The smallest absolute Gasteiger partial charge is 0.315 e. The van der Waals surface area contributed by atoms with Crippen LogP contribution in [-0.4, -0.2) is 25.0 Å². The second-order valence-electron chi connectivity index (χ2n) is 5.11. The predicted molar refractivity (Wildman–Crippen MR) is 79.1 cm³/mol. The number of likely N-dealkylation sites (N-methyl/N-ethyl adjacent to an activating group) is 1. The molecule has 1 aromatic carbocycles. The molecular weight excluding hydrogens is 254 g/mol. The average Bonchev–Trinajstić information content (AvgIpc) is 2.44. The summed E-state index contributed by atoms with van der Waals surface area (Å²) in [5.74, 6) is 0.153. The first kappa shape index (κ1) is 16.0.